The molecule has 5 N–H and O–H groups in total. The summed E-state index contributed by atoms with van der Waals surface area (Å²) in [6.07, 6.45) is 0.546. The van der Waals surface area contributed by atoms with Gasteiger partial charge in [-0.25, -0.2) is 4.79 Å². The van der Waals surface area contributed by atoms with Crippen LogP contribution in [0.2, 0.25) is 0 Å². The van der Waals surface area contributed by atoms with Crippen LogP contribution >= 0.6 is 0 Å². The molecule has 0 saturated carbocycles. The summed E-state index contributed by atoms with van der Waals surface area (Å²) in [4.78, 5) is 48.5. The van der Waals surface area contributed by atoms with Gasteiger partial charge in [-0.1, -0.05) is 24.1 Å². The summed E-state index contributed by atoms with van der Waals surface area (Å²) in [5.41, 5.74) is 13.9. The van der Waals surface area contributed by atoms with Gasteiger partial charge in [0.2, 0.25) is 5.95 Å². The molecule has 2 aromatic carbocycles. The Morgan fingerprint density at radius 2 is 1.78 bits per heavy atom. The van der Waals surface area contributed by atoms with Crippen molar-refractivity contribution in [2.24, 2.45) is 0 Å². The van der Waals surface area contributed by atoms with E-state index in [4.69, 9.17) is 11.5 Å². The molecule has 0 aliphatic carbocycles. The molecule has 37 heavy (non-hydrogen) atoms. The Morgan fingerprint density at radius 3 is 2.49 bits per heavy atom. The Balaban J connectivity index is 1.52. The lowest BCUT2D eigenvalue weighted by atomic mass is 10.2. The van der Waals surface area contributed by atoms with Gasteiger partial charge in [0.05, 0.1) is 11.7 Å². The van der Waals surface area contributed by atoms with Crippen LogP contribution in [0, 0.1) is 11.8 Å². The smallest absolute Gasteiger partial charge is 0.335 e. The fourth-order valence-corrected chi connectivity index (χ4v) is 4.53. The number of anilines is 3. The fraction of sp³-hybridized carbons (Fsp3) is 0.192. The highest BCUT2D eigenvalue weighted by atomic mass is 16.2. The van der Waals surface area contributed by atoms with Crippen LogP contribution in [-0.4, -0.2) is 48.9 Å². The predicted octanol–water partition coefficient (Wildman–Crippen LogP) is 1.80. The van der Waals surface area contributed by atoms with Gasteiger partial charge in [-0.2, -0.15) is 9.97 Å². The van der Waals surface area contributed by atoms with Gasteiger partial charge in [0.15, 0.2) is 11.5 Å². The molecule has 2 amide bonds. The number of aromatic nitrogens is 4. The van der Waals surface area contributed by atoms with Crippen LogP contribution in [-0.2, 0) is 4.79 Å². The Kier molecular flexibility index (Phi) is 6.07. The summed E-state index contributed by atoms with van der Waals surface area (Å²) in [6, 6.07) is 15.3. The molecule has 1 aliphatic rings. The molecule has 4 aromatic rings. The van der Waals surface area contributed by atoms with E-state index in [1.165, 1.54) is 9.13 Å². The third kappa shape index (κ3) is 4.36. The van der Waals surface area contributed by atoms with Gasteiger partial charge in [-0.05, 0) is 55.7 Å². The number of nitrogens with one attached hydrogen (secondary N) is 1. The number of hydrogen-bond acceptors (Lipinski definition) is 7. The van der Waals surface area contributed by atoms with Crippen molar-refractivity contribution < 1.29 is 9.59 Å². The van der Waals surface area contributed by atoms with Crippen molar-refractivity contribution in [2.75, 3.05) is 29.9 Å². The highest BCUT2D eigenvalue weighted by molar-refractivity contribution is 6.04. The van der Waals surface area contributed by atoms with Crippen LogP contribution in [0.15, 0.2) is 59.4 Å². The molecule has 0 spiro atoms. The monoisotopic (exact) mass is 496 g/mol. The first-order valence-electron chi connectivity index (χ1n) is 11.6. The van der Waals surface area contributed by atoms with Crippen molar-refractivity contribution in [2.45, 2.75) is 19.4 Å². The molecule has 1 aliphatic heterocycles. The van der Waals surface area contributed by atoms with E-state index in [0.29, 0.717) is 42.0 Å². The molecule has 1 saturated heterocycles. The zero-order valence-electron chi connectivity index (χ0n) is 20.0. The Bertz CT molecular complexity index is 1630. The lowest BCUT2D eigenvalue weighted by molar-refractivity contribution is -0.124. The zero-order chi connectivity index (χ0) is 26.1. The maximum absolute atomic E-state index is 13.7. The molecule has 186 valence electrons. The molecule has 0 unspecified atom stereocenters. The molecule has 3 heterocycles. The number of carbonyl (C=O) groups is 2. The molecule has 5 rings (SSSR count). The minimum absolute atomic E-state index is 0.0577. The van der Waals surface area contributed by atoms with E-state index in [2.05, 4.69) is 27.1 Å². The number of benzene rings is 2. The minimum atomic E-state index is -0.386. The maximum atomic E-state index is 13.7. The van der Waals surface area contributed by atoms with Crippen LogP contribution in [0.25, 0.3) is 16.9 Å². The highest BCUT2D eigenvalue weighted by Gasteiger charge is 2.31. The summed E-state index contributed by atoms with van der Waals surface area (Å²) in [7, 11) is 0. The van der Waals surface area contributed by atoms with E-state index >= 15 is 0 Å². The number of carbonyl (C=O) groups excluding carboxylic acids is 2. The normalized spacial score (nSPS) is 14.8. The van der Waals surface area contributed by atoms with Crippen molar-refractivity contribution in [1.82, 2.24) is 24.0 Å². The van der Waals surface area contributed by atoms with Crippen LogP contribution in [0.5, 0.6) is 0 Å². The van der Waals surface area contributed by atoms with Crippen molar-refractivity contribution in [3.8, 4) is 17.5 Å². The number of amides is 2. The molecule has 0 radical (unpaired) electrons. The van der Waals surface area contributed by atoms with Gasteiger partial charge in [-0.3, -0.25) is 18.7 Å². The highest BCUT2D eigenvalue weighted by Crippen LogP contribution is 2.28. The largest absolute Gasteiger partial charge is 0.382 e. The number of likely N-dealkylation sites (tertiary alicyclic amines) is 1. The second-order valence-corrected chi connectivity index (χ2v) is 8.56. The molecule has 2 aromatic heterocycles. The molecule has 11 nitrogen and oxygen atoms in total. The van der Waals surface area contributed by atoms with Crippen molar-refractivity contribution in [1.29, 1.82) is 0 Å². The first-order chi connectivity index (χ1) is 17.9. The number of hydrogen-bond donors (Lipinski definition) is 3. The van der Waals surface area contributed by atoms with E-state index in [1.807, 2.05) is 6.07 Å². The number of imidazole rings is 1. The van der Waals surface area contributed by atoms with Crippen molar-refractivity contribution >= 4 is 40.4 Å². The molecular formula is C26H24N8O3. The standard InChI is InChI=1S/C26H24N8O3/c1-2-6-20(35)32-14-13-19(15-32)34-23-21(22(27)30-25(28)31-23)33(26(34)37)18-11-9-17(10-12-18)29-24(36)16-7-4-3-5-8-16/h3-5,7-12,19H,13-15H2,1H3,(H,29,36)(H4,27,28,30,31)/t19-/m1/s1. The van der Waals surface area contributed by atoms with Crippen LogP contribution in [0.1, 0.15) is 29.7 Å². The minimum Gasteiger partial charge on any atom is -0.382 e. The van der Waals surface area contributed by atoms with Crippen LogP contribution < -0.4 is 22.5 Å². The molecule has 1 fully saturated rings. The first kappa shape index (κ1) is 23.6. The third-order valence-corrected chi connectivity index (χ3v) is 6.23. The van der Waals surface area contributed by atoms with Gasteiger partial charge in [-0.15, -0.1) is 0 Å². The van der Waals surface area contributed by atoms with E-state index in [1.54, 1.807) is 60.4 Å². The quantitative estimate of drug-likeness (QED) is 0.364. The topological polar surface area (TPSA) is 154 Å². The third-order valence-electron chi connectivity index (χ3n) is 6.23. The lowest BCUT2D eigenvalue weighted by Gasteiger charge is -2.14. The van der Waals surface area contributed by atoms with Crippen LogP contribution in [0.3, 0.4) is 0 Å². The summed E-state index contributed by atoms with van der Waals surface area (Å²) in [5, 5.41) is 2.84. The Morgan fingerprint density at radius 1 is 1.05 bits per heavy atom. The van der Waals surface area contributed by atoms with Crippen molar-refractivity contribution in [3.05, 3.63) is 70.6 Å². The average Bonchev–Trinajstić information content (AvgIpc) is 3.48. The summed E-state index contributed by atoms with van der Waals surface area (Å²) < 4.78 is 2.94. The molecule has 11 heteroatoms. The van der Waals surface area contributed by atoms with Gasteiger partial charge in [0.25, 0.3) is 11.8 Å². The fourth-order valence-electron chi connectivity index (χ4n) is 4.53. The number of rotatable bonds is 4. The number of nitrogen functional groups attached to an aromatic ring is 2. The zero-order valence-corrected chi connectivity index (χ0v) is 20.0. The summed E-state index contributed by atoms with van der Waals surface area (Å²) in [5.74, 6) is 4.62. The lowest BCUT2D eigenvalue weighted by Crippen LogP contribution is -2.31. The molecular weight excluding hydrogens is 472 g/mol. The van der Waals surface area contributed by atoms with E-state index in [9.17, 15) is 14.4 Å². The molecule has 0 bridgehead atoms. The summed E-state index contributed by atoms with van der Waals surface area (Å²) in [6.45, 7) is 2.37. The van der Waals surface area contributed by atoms with E-state index < -0.39 is 0 Å². The van der Waals surface area contributed by atoms with Gasteiger partial charge < -0.3 is 21.7 Å². The van der Waals surface area contributed by atoms with Crippen molar-refractivity contribution in [3.63, 3.8) is 0 Å². The van der Waals surface area contributed by atoms with Gasteiger partial charge in [0, 0.05) is 24.3 Å². The van der Waals surface area contributed by atoms with Crippen LogP contribution in [0.4, 0.5) is 17.5 Å². The second-order valence-electron chi connectivity index (χ2n) is 8.56. The maximum Gasteiger partial charge on any atom is 0.335 e. The Hall–Kier alpha value is -5.11. The van der Waals surface area contributed by atoms with E-state index in [0.717, 1.165) is 0 Å². The van der Waals surface area contributed by atoms with Gasteiger partial charge >= 0.3 is 5.69 Å². The second kappa shape index (κ2) is 9.50. The van der Waals surface area contributed by atoms with E-state index in [-0.39, 0.29) is 41.0 Å². The first-order valence-corrected chi connectivity index (χ1v) is 11.6. The average molecular weight is 497 g/mol. The number of nitrogens with two attached hydrogens (primary N) is 2. The van der Waals surface area contributed by atoms with Gasteiger partial charge in [0.1, 0.15) is 5.52 Å². The Labute approximate surface area is 211 Å². The SMILES string of the molecule is CC#CC(=O)N1CC[C@@H](n2c(=O)n(-c3ccc(NC(=O)c4ccccc4)cc3)c3c(N)nc(N)nc32)C1. The predicted molar refractivity (Wildman–Crippen MR) is 140 cm³/mol. The summed E-state index contributed by atoms with van der Waals surface area (Å²) >= 11 is 0. The number of fused-ring (bicyclic) bond motifs is 1. The molecule has 1 atom stereocenters. The number of nitrogens with zero attached hydrogens (tertiary/aromatic N) is 5.